The van der Waals surface area contributed by atoms with Gasteiger partial charge in [0.15, 0.2) is 0 Å². The molecule has 1 aromatic carbocycles. The van der Waals surface area contributed by atoms with Gasteiger partial charge in [-0.2, -0.15) is 0 Å². The number of unbranched alkanes of at least 4 members (excludes halogenated alkanes) is 3. The molecule has 2 fully saturated rings. The SMILES string of the molecule is C=C(NC1CCCCC1)C(C[C@H](C)CCC(Cc1ccc(C2CC2)c(CCCCCC)c1)C(C)C)C(C)C. The van der Waals surface area contributed by atoms with Crippen molar-refractivity contribution in [2.24, 2.45) is 29.6 Å². The molecule has 1 nitrogen and oxygen atoms in total. The minimum Gasteiger partial charge on any atom is -0.386 e. The van der Waals surface area contributed by atoms with Gasteiger partial charge in [0.1, 0.15) is 0 Å². The number of benzene rings is 1. The lowest BCUT2D eigenvalue weighted by atomic mass is 9.79. The molecule has 0 radical (unpaired) electrons. The zero-order chi connectivity index (χ0) is 27.5. The summed E-state index contributed by atoms with van der Waals surface area (Å²) in [5, 5.41) is 3.87. The van der Waals surface area contributed by atoms with E-state index in [2.05, 4.69) is 71.6 Å². The van der Waals surface area contributed by atoms with E-state index >= 15 is 0 Å². The first-order valence-electron chi connectivity index (χ1n) is 16.8. The second-order valence-electron chi connectivity index (χ2n) is 14.1. The van der Waals surface area contributed by atoms with Crippen molar-refractivity contribution in [3.63, 3.8) is 0 Å². The third-order valence-corrected chi connectivity index (χ3v) is 9.90. The highest BCUT2D eigenvalue weighted by molar-refractivity contribution is 5.37. The Morgan fingerprint density at radius 1 is 0.895 bits per heavy atom. The number of rotatable bonds is 18. The van der Waals surface area contributed by atoms with E-state index in [0.29, 0.717) is 17.9 Å². The van der Waals surface area contributed by atoms with E-state index < -0.39 is 0 Å². The molecule has 0 saturated heterocycles. The molecule has 3 rings (SSSR count). The van der Waals surface area contributed by atoms with E-state index in [1.54, 1.807) is 16.7 Å². The van der Waals surface area contributed by atoms with Crippen LogP contribution in [0.1, 0.15) is 154 Å². The van der Waals surface area contributed by atoms with Crippen LogP contribution in [0.15, 0.2) is 30.5 Å². The molecule has 0 aromatic heterocycles. The highest BCUT2D eigenvalue weighted by atomic mass is 14.9. The van der Waals surface area contributed by atoms with E-state index in [-0.39, 0.29) is 0 Å². The van der Waals surface area contributed by atoms with Gasteiger partial charge in [0.2, 0.25) is 0 Å². The Kier molecular flexibility index (Phi) is 13.3. The number of allylic oxidation sites excluding steroid dienone is 1. The molecule has 1 heteroatoms. The van der Waals surface area contributed by atoms with Crippen LogP contribution in [0.4, 0.5) is 0 Å². The van der Waals surface area contributed by atoms with Crippen LogP contribution in [-0.4, -0.2) is 6.04 Å². The molecule has 2 aliphatic carbocycles. The number of hydrogen-bond acceptors (Lipinski definition) is 1. The van der Waals surface area contributed by atoms with Crippen molar-refractivity contribution in [1.29, 1.82) is 0 Å². The van der Waals surface area contributed by atoms with Crippen LogP contribution in [0.5, 0.6) is 0 Å². The zero-order valence-electron chi connectivity index (χ0n) is 26.3. The predicted molar refractivity (Wildman–Crippen MR) is 169 cm³/mol. The number of aryl methyl sites for hydroxylation is 1. The molecule has 2 aliphatic rings. The lowest BCUT2D eigenvalue weighted by Crippen LogP contribution is -2.34. The van der Waals surface area contributed by atoms with E-state index in [9.17, 15) is 0 Å². The zero-order valence-corrected chi connectivity index (χ0v) is 26.3. The third-order valence-electron chi connectivity index (χ3n) is 9.90. The van der Waals surface area contributed by atoms with Crippen LogP contribution >= 0.6 is 0 Å². The lowest BCUT2D eigenvalue weighted by Gasteiger charge is -2.32. The molecule has 0 aliphatic heterocycles. The smallest absolute Gasteiger partial charge is 0.0258 e. The Bertz CT molecular complexity index is 810. The summed E-state index contributed by atoms with van der Waals surface area (Å²) >= 11 is 0. The number of hydrogen-bond donors (Lipinski definition) is 1. The van der Waals surface area contributed by atoms with Crippen LogP contribution in [0, 0.1) is 29.6 Å². The Labute approximate surface area is 238 Å². The third kappa shape index (κ3) is 10.4. The van der Waals surface area contributed by atoms with Crippen LogP contribution in [0.3, 0.4) is 0 Å². The molecular formula is C37H63N. The largest absolute Gasteiger partial charge is 0.386 e. The van der Waals surface area contributed by atoms with E-state index in [1.807, 2.05) is 0 Å². The van der Waals surface area contributed by atoms with Gasteiger partial charge in [-0.15, -0.1) is 0 Å². The molecule has 0 amide bonds. The molecule has 0 heterocycles. The summed E-state index contributed by atoms with van der Waals surface area (Å²) in [4.78, 5) is 0. The first-order chi connectivity index (χ1) is 18.3. The van der Waals surface area contributed by atoms with Gasteiger partial charge in [-0.05, 0) is 104 Å². The summed E-state index contributed by atoms with van der Waals surface area (Å²) < 4.78 is 0. The molecule has 0 bridgehead atoms. The Hall–Kier alpha value is -1.24. The quantitative estimate of drug-likeness (QED) is 0.189. The van der Waals surface area contributed by atoms with Crippen molar-refractivity contribution < 1.29 is 0 Å². The van der Waals surface area contributed by atoms with Gasteiger partial charge in [0.25, 0.3) is 0 Å². The normalized spacial score (nSPS) is 19.1. The molecule has 3 atom stereocenters. The fourth-order valence-corrected chi connectivity index (χ4v) is 6.99. The van der Waals surface area contributed by atoms with Gasteiger partial charge < -0.3 is 5.32 Å². The van der Waals surface area contributed by atoms with Gasteiger partial charge >= 0.3 is 0 Å². The predicted octanol–water partition coefficient (Wildman–Crippen LogP) is 11.0. The first kappa shape index (κ1) is 31.3. The van der Waals surface area contributed by atoms with Crippen molar-refractivity contribution in [3.05, 3.63) is 47.2 Å². The molecule has 2 saturated carbocycles. The van der Waals surface area contributed by atoms with E-state index in [1.165, 1.54) is 108 Å². The molecule has 216 valence electrons. The van der Waals surface area contributed by atoms with Crippen molar-refractivity contribution in [3.8, 4) is 0 Å². The van der Waals surface area contributed by atoms with Crippen LogP contribution in [0.2, 0.25) is 0 Å². The van der Waals surface area contributed by atoms with Gasteiger partial charge in [-0.25, -0.2) is 0 Å². The Morgan fingerprint density at radius 2 is 1.63 bits per heavy atom. The van der Waals surface area contributed by atoms with Crippen molar-refractivity contribution in [1.82, 2.24) is 5.32 Å². The monoisotopic (exact) mass is 521 g/mol. The molecule has 1 aromatic rings. The van der Waals surface area contributed by atoms with Gasteiger partial charge in [-0.3, -0.25) is 0 Å². The first-order valence-corrected chi connectivity index (χ1v) is 16.8. The Balaban J connectivity index is 1.54. The maximum atomic E-state index is 4.56. The molecule has 0 spiro atoms. The molecule has 2 unspecified atom stereocenters. The maximum absolute atomic E-state index is 4.56. The summed E-state index contributed by atoms with van der Waals surface area (Å²) in [6, 6.07) is 8.28. The second kappa shape index (κ2) is 16.1. The maximum Gasteiger partial charge on any atom is 0.0258 e. The van der Waals surface area contributed by atoms with Crippen LogP contribution < -0.4 is 5.32 Å². The van der Waals surface area contributed by atoms with E-state index in [0.717, 1.165) is 23.7 Å². The van der Waals surface area contributed by atoms with Gasteiger partial charge in [0, 0.05) is 17.7 Å². The van der Waals surface area contributed by atoms with Crippen molar-refractivity contribution in [2.75, 3.05) is 0 Å². The lowest BCUT2D eigenvalue weighted by molar-refractivity contribution is 0.275. The van der Waals surface area contributed by atoms with Gasteiger partial charge in [0.05, 0.1) is 0 Å². The standard InChI is InChI=1S/C37H63N/c1-8-9-10-12-15-34-26-31(19-23-36(34)32-21-22-32)25-33(27(2)3)20-18-29(6)24-37(28(4)5)30(7)38-35-16-13-11-14-17-35/h19,23,26-29,32-33,35,37-38H,7-18,20-22,24-25H2,1-6H3/t29-,33?,37?/m1/s1. The highest BCUT2D eigenvalue weighted by Gasteiger charge is 2.27. The average Bonchev–Trinajstić information content (AvgIpc) is 3.73. The minimum atomic E-state index is 0.592. The fourth-order valence-electron chi connectivity index (χ4n) is 6.99. The van der Waals surface area contributed by atoms with Crippen LogP contribution in [0.25, 0.3) is 0 Å². The van der Waals surface area contributed by atoms with Gasteiger partial charge in [-0.1, -0.05) is 111 Å². The minimum absolute atomic E-state index is 0.592. The molecular weight excluding hydrogens is 458 g/mol. The summed E-state index contributed by atoms with van der Waals surface area (Å²) in [5.41, 5.74) is 6.28. The second-order valence-corrected chi connectivity index (χ2v) is 14.1. The van der Waals surface area contributed by atoms with E-state index in [4.69, 9.17) is 0 Å². The topological polar surface area (TPSA) is 12.0 Å². The number of nitrogens with one attached hydrogen (secondary N) is 1. The average molecular weight is 522 g/mol. The summed E-state index contributed by atoms with van der Waals surface area (Å²) in [5.74, 6) is 4.38. The Morgan fingerprint density at radius 3 is 2.26 bits per heavy atom. The summed E-state index contributed by atoms with van der Waals surface area (Å²) in [6.07, 6.45) is 21.6. The highest BCUT2D eigenvalue weighted by Crippen LogP contribution is 2.42. The molecule has 1 N–H and O–H groups in total. The molecule has 38 heavy (non-hydrogen) atoms. The summed E-state index contributed by atoms with van der Waals surface area (Å²) in [6.45, 7) is 19.1. The van der Waals surface area contributed by atoms with Crippen molar-refractivity contribution in [2.45, 2.75) is 156 Å². The van der Waals surface area contributed by atoms with Crippen LogP contribution in [-0.2, 0) is 12.8 Å². The van der Waals surface area contributed by atoms with Crippen molar-refractivity contribution >= 4 is 0 Å². The summed E-state index contributed by atoms with van der Waals surface area (Å²) in [7, 11) is 0. The fraction of sp³-hybridized carbons (Fsp3) is 0.784.